The molecule has 2 aromatic carbocycles. The predicted molar refractivity (Wildman–Crippen MR) is 121 cm³/mol. The molecule has 0 amide bonds. The van der Waals surface area contributed by atoms with Crippen molar-refractivity contribution >= 4 is 0 Å². The number of aromatic amines is 1. The Morgan fingerprint density at radius 2 is 2.00 bits per heavy atom. The van der Waals surface area contributed by atoms with Crippen LogP contribution in [0.25, 0.3) is 16.8 Å². The van der Waals surface area contributed by atoms with Crippen LogP contribution in [0.2, 0.25) is 0 Å². The molecule has 10 heteroatoms. The molecule has 0 aliphatic carbocycles. The Kier molecular flexibility index (Phi) is 6.66. The summed E-state index contributed by atoms with van der Waals surface area (Å²) in [5, 5.41) is 23.7. The molecular formula is C23H25FN6O3. The van der Waals surface area contributed by atoms with Gasteiger partial charge in [0.1, 0.15) is 17.4 Å². The molecule has 4 aromatic rings. The van der Waals surface area contributed by atoms with Gasteiger partial charge in [0.25, 0.3) is 0 Å². The van der Waals surface area contributed by atoms with E-state index in [1.165, 1.54) is 28.5 Å². The maximum Gasteiger partial charge on any atom is 0.351 e. The molecule has 0 radical (unpaired) electrons. The normalized spacial score (nSPS) is 12.1. The molecule has 33 heavy (non-hydrogen) atoms. The lowest BCUT2D eigenvalue weighted by Gasteiger charge is -2.11. The van der Waals surface area contributed by atoms with Gasteiger partial charge in [0.2, 0.25) is 0 Å². The van der Waals surface area contributed by atoms with Crippen molar-refractivity contribution in [3.8, 4) is 22.6 Å². The number of nitrogens with one attached hydrogen (secondary N) is 2. The molecule has 9 nitrogen and oxygen atoms in total. The van der Waals surface area contributed by atoms with Gasteiger partial charge in [0.05, 0.1) is 38.7 Å². The summed E-state index contributed by atoms with van der Waals surface area (Å²) in [6.45, 7) is 2.14. The van der Waals surface area contributed by atoms with E-state index in [0.29, 0.717) is 22.8 Å². The van der Waals surface area contributed by atoms with Crippen molar-refractivity contribution in [2.24, 2.45) is 0 Å². The third-order valence-electron chi connectivity index (χ3n) is 5.27. The lowest BCUT2D eigenvalue weighted by molar-refractivity contribution is 0.250. The van der Waals surface area contributed by atoms with Crippen molar-refractivity contribution in [2.75, 3.05) is 13.7 Å². The number of H-pyrrole nitrogens is 1. The first kappa shape index (κ1) is 22.4. The summed E-state index contributed by atoms with van der Waals surface area (Å²) < 4.78 is 22.0. The van der Waals surface area contributed by atoms with Crippen LogP contribution in [0, 0.1) is 5.82 Å². The zero-order valence-corrected chi connectivity index (χ0v) is 18.3. The van der Waals surface area contributed by atoms with Crippen molar-refractivity contribution in [1.82, 2.24) is 29.9 Å². The monoisotopic (exact) mass is 452 g/mol. The Labute approximate surface area is 189 Å². The topological polar surface area (TPSA) is 110 Å². The van der Waals surface area contributed by atoms with Gasteiger partial charge in [-0.3, -0.25) is 9.67 Å². The Balaban J connectivity index is 1.70. The summed E-state index contributed by atoms with van der Waals surface area (Å²) in [5.74, 6) is 0.379. The highest BCUT2D eigenvalue weighted by atomic mass is 19.1. The number of benzene rings is 2. The molecule has 0 saturated carbocycles. The van der Waals surface area contributed by atoms with Crippen LogP contribution in [-0.4, -0.2) is 49.4 Å². The number of aliphatic hydroxyl groups is 1. The van der Waals surface area contributed by atoms with Gasteiger partial charge >= 0.3 is 5.69 Å². The molecule has 172 valence electrons. The number of nitrogens with zero attached hydrogens (tertiary/aromatic N) is 4. The molecule has 0 aliphatic rings. The fraction of sp³-hybridized carbons (Fsp3) is 0.261. The van der Waals surface area contributed by atoms with E-state index in [0.717, 1.165) is 11.1 Å². The van der Waals surface area contributed by atoms with Crippen LogP contribution in [0.1, 0.15) is 18.3 Å². The number of hydrogen-bond donors (Lipinski definition) is 3. The number of aliphatic hydroxyl groups excluding tert-OH is 1. The number of ether oxygens (including phenoxy) is 1. The molecule has 3 N–H and O–H groups in total. The van der Waals surface area contributed by atoms with Crippen molar-refractivity contribution < 1.29 is 14.2 Å². The molecule has 0 fully saturated rings. The second-order valence-electron chi connectivity index (χ2n) is 7.69. The van der Waals surface area contributed by atoms with Gasteiger partial charge in [-0.15, -0.1) is 5.10 Å². The summed E-state index contributed by atoms with van der Waals surface area (Å²) in [6.07, 6.45) is 3.50. The van der Waals surface area contributed by atoms with E-state index in [-0.39, 0.29) is 31.4 Å². The van der Waals surface area contributed by atoms with Gasteiger partial charge < -0.3 is 15.2 Å². The smallest absolute Gasteiger partial charge is 0.351 e. The SMILES string of the molecule is COc1cc(F)cc(Cn2c(CNC(C)CO)nn(-c3ccc(-c4cn[nH]c4)cc3)c2=O)c1. The minimum absolute atomic E-state index is 0.0541. The van der Waals surface area contributed by atoms with E-state index in [4.69, 9.17) is 4.74 Å². The highest BCUT2D eigenvalue weighted by molar-refractivity contribution is 5.62. The average Bonchev–Trinajstić information content (AvgIpc) is 3.46. The van der Waals surface area contributed by atoms with E-state index in [2.05, 4.69) is 20.6 Å². The van der Waals surface area contributed by atoms with Gasteiger partial charge in [-0.2, -0.15) is 9.78 Å². The first-order valence-electron chi connectivity index (χ1n) is 10.4. The van der Waals surface area contributed by atoms with E-state index < -0.39 is 5.82 Å². The summed E-state index contributed by atoms with van der Waals surface area (Å²) in [4.78, 5) is 13.3. The molecular weight excluding hydrogens is 427 g/mol. The highest BCUT2D eigenvalue weighted by Gasteiger charge is 2.17. The largest absolute Gasteiger partial charge is 0.497 e. The van der Waals surface area contributed by atoms with Crippen molar-refractivity contribution in [1.29, 1.82) is 0 Å². The molecule has 1 unspecified atom stereocenters. The minimum Gasteiger partial charge on any atom is -0.497 e. The fourth-order valence-electron chi connectivity index (χ4n) is 3.44. The molecule has 0 aliphatic heterocycles. The van der Waals surface area contributed by atoms with Gasteiger partial charge in [-0.25, -0.2) is 9.18 Å². The van der Waals surface area contributed by atoms with Crippen LogP contribution in [0.4, 0.5) is 4.39 Å². The first-order chi connectivity index (χ1) is 16.0. The quantitative estimate of drug-likeness (QED) is 0.359. The van der Waals surface area contributed by atoms with E-state index in [1.54, 1.807) is 30.6 Å². The number of methoxy groups -OCH3 is 1. The summed E-state index contributed by atoms with van der Waals surface area (Å²) in [7, 11) is 1.46. The van der Waals surface area contributed by atoms with E-state index in [1.807, 2.05) is 19.1 Å². The molecule has 2 aromatic heterocycles. The molecule has 0 spiro atoms. The van der Waals surface area contributed by atoms with Gasteiger partial charge in [-0.05, 0) is 42.3 Å². The van der Waals surface area contributed by atoms with Crippen LogP contribution in [0.3, 0.4) is 0 Å². The van der Waals surface area contributed by atoms with Crippen molar-refractivity contribution in [2.45, 2.75) is 26.1 Å². The van der Waals surface area contributed by atoms with Crippen LogP contribution >= 0.6 is 0 Å². The Bertz CT molecular complexity index is 1260. The van der Waals surface area contributed by atoms with E-state index >= 15 is 0 Å². The van der Waals surface area contributed by atoms with Gasteiger partial charge in [0, 0.05) is 23.9 Å². The Morgan fingerprint density at radius 3 is 2.67 bits per heavy atom. The number of hydrogen-bond acceptors (Lipinski definition) is 6. The van der Waals surface area contributed by atoms with Crippen LogP contribution in [0.5, 0.6) is 5.75 Å². The lowest BCUT2D eigenvalue weighted by atomic mass is 10.1. The molecule has 2 heterocycles. The number of halogens is 1. The summed E-state index contributed by atoms with van der Waals surface area (Å²) >= 11 is 0. The number of rotatable bonds is 9. The number of aromatic nitrogens is 5. The molecule has 1 atom stereocenters. The van der Waals surface area contributed by atoms with Crippen molar-refractivity contribution in [3.05, 3.63) is 82.5 Å². The third kappa shape index (κ3) is 5.02. The second kappa shape index (κ2) is 9.80. The highest BCUT2D eigenvalue weighted by Crippen LogP contribution is 2.20. The Hall–Kier alpha value is -3.76. The fourth-order valence-corrected chi connectivity index (χ4v) is 3.44. The maximum absolute atomic E-state index is 14.0. The minimum atomic E-state index is -0.451. The predicted octanol–water partition coefficient (Wildman–Crippen LogP) is 2.09. The standard InChI is InChI=1S/C23H25FN6O3/c1-15(14-31)25-12-22-28-30(20-5-3-17(4-6-20)18-10-26-27-11-18)23(32)29(22)13-16-7-19(24)9-21(8-16)33-2/h3-11,15,25,31H,12-14H2,1-2H3,(H,26,27). The van der Waals surface area contributed by atoms with Crippen molar-refractivity contribution in [3.63, 3.8) is 0 Å². The third-order valence-corrected chi connectivity index (χ3v) is 5.27. The maximum atomic E-state index is 14.0. The van der Waals surface area contributed by atoms with Crippen LogP contribution < -0.4 is 15.7 Å². The van der Waals surface area contributed by atoms with Crippen LogP contribution in [0.15, 0.2) is 59.7 Å². The zero-order valence-electron chi connectivity index (χ0n) is 18.3. The average molecular weight is 452 g/mol. The summed E-state index contributed by atoms with van der Waals surface area (Å²) in [6, 6.07) is 11.5. The molecule has 4 rings (SSSR count). The van der Waals surface area contributed by atoms with Gasteiger partial charge in [0.15, 0.2) is 0 Å². The van der Waals surface area contributed by atoms with Gasteiger partial charge in [-0.1, -0.05) is 12.1 Å². The van der Waals surface area contributed by atoms with E-state index in [9.17, 15) is 14.3 Å². The second-order valence-corrected chi connectivity index (χ2v) is 7.69. The molecule has 0 bridgehead atoms. The Morgan fingerprint density at radius 1 is 1.21 bits per heavy atom. The van der Waals surface area contributed by atoms with Crippen LogP contribution in [-0.2, 0) is 13.1 Å². The lowest BCUT2D eigenvalue weighted by Crippen LogP contribution is -2.31. The molecule has 0 saturated heterocycles. The summed E-state index contributed by atoms with van der Waals surface area (Å²) in [5.41, 5.74) is 2.69. The first-order valence-corrected chi connectivity index (χ1v) is 10.4. The zero-order chi connectivity index (χ0) is 23.4.